The minimum atomic E-state index is -0.0765. The normalized spacial score (nSPS) is 13.9. The first kappa shape index (κ1) is 25.6. The smallest absolute Gasteiger partial charge is 0.251 e. The summed E-state index contributed by atoms with van der Waals surface area (Å²) in [7, 11) is 0. The molecule has 0 saturated carbocycles. The van der Waals surface area contributed by atoms with Gasteiger partial charge in [0, 0.05) is 24.3 Å². The Morgan fingerprint density at radius 1 is 1.08 bits per heavy atom. The lowest BCUT2D eigenvalue weighted by Crippen LogP contribution is -2.24. The summed E-state index contributed by atoms with van der Waals surface area (Å²) < 4.78 is 1.93. The molecule has 1 heterocycles. The van der Waals surface area contributed by atoms with E-state index in [0.717, 1.165) is 54.6 Å². The molecule has 1 aliphatic carbocycles. The third-order valence-corrected chi connectivity index (χ3v) is 7.01. The minimum Gasteiger partial charge on any atom is -0.396 e. The summed E-state index contributed by atoms with van der Waals surface area (Å²) in [6, 6.07) is 16.7. The van der Waals surface area contributed by atoms with Crippen LogP contribution in [0.15, 0.2) is 66.4 Å². The maximum absolute atomic E-state index is 13.3. The standard InChI is InChI=1S/C31H37N3O2/c1-4-24-13-16-28(29-21-33-34(30(29)19-24)27-14-6-22(2)7-15-27)31(36)32-20-26-11-9-25(10-12-26)8-5-23(3)17-18-35/h6-7,9-12,14-16,19,21,23,35H,4-5,8,13,17-18,20H2,1-3H3,(H,32,36). The van der Waals surface area contributed by atoms with Crippen molar-refractivity contribution >= 4 is 17.6 Å². The van der Waals surface area contributed by atoms with Gasteiger partial charge in [-0.25, -0.2) is 4.68 Å². The summed E-state index contributed by atoms with van der Waals surface area (Å²) in [4.78, 5) is 13.3. The van der Waals surface area contributed by atoms with E-state index in [0.29, 0.717) is 18.0 Å². The fraction of sp³-hybridized carbons (Fsp3) is 0.355. The van der Waals surface area contributed by atoms with Crippen LogP contribution in [-0.4, -0.2) is 27.4 Å². The highest BCUT2D eigenvalue weighted by Crippen LogP contribution is 2.30. The Bertz CT molecular complexity index is 1230. The molecule has 1 aliphatic rings. The molecule has 1 atom stereocenters. The summed E-state index contributed by atoms with van der Waals surface area (Å²) in [5.74, 6) is 0.442. The van der Waals surface area contributed by atoms with Gasteiger partial charge < -0.3 is 10.4 Å². The van der Waals surface area contributed by atoms with Gasteiger partial charge in [-0.1, -0.05) is 67.5 Å². The third kappa shape index (κ3) is 6.21. The molecule has 0 aliphatic heterocycles. The Morgan fingerprint density at radius 2 is 1.81 bits per heavy atom. The average molecular weight is 484 g/mol. The Hall–Kier alpha value is -3.44. The van der Waals surface area contributed by atoms with Crippen molar-refractivity contribution in [2.24, 2.45) is 5.92 Å². The van der Waals surface area contributed by atoms with Crippen LogP contribution in [0.4, 0.5) is 0 Å². The van der Waals surface area contributed by atoms with E-state index in [1.807, 2.05) is 17.0 Å². The van der Waals surface area contributed by atoms with Gasteiger partial charge in [0.1, 0.15) is 0 Å². The Balaban J connectivity index is 1.46. The summed E-state index contributed by atoms with van der Waals surface area (Å²) in [5.41, 5.74) is 8.32. The van der Waals surface area contributed by atoms with Gasteiger partial charge in [-0.05, 0) is 74.3 Å². The fourth-order valence-corrected chi connectivity index (χ4v) is 4.53. The van der Waals surface area contributed by atoms with E-state index >= 15 is 0 Å². The van der Waals surface area contributed by atoms with Crippen molar-refractivity contribution in [3.63, 3.8) is 0 Å². The van der Waals surface area contributed by atoms with Gasteiger partial charge in [-0.2, -0.15) is 5.10 Å². The third-order valence-electron chi connectivity index (χ3n) is 7.01. The number of aliphatic hydroxyl groups excluding tert-OH is 1. The second-order valence-electron chi connectivity index (χ2n) is 9.82. The predicted molar refractivity (Wildman–Crippen MR) is 147 cm³/mol. The van der Waals surface area contributed by atoms with E-state index in [-0.39, 0.29) is 12.5 Å². The van der Waals surface area contributed by atoms with Crippen LogP contribution < -0.4 is 5.32 Å². The topological polar surface area (TPSA) is 67.2 Å². The van der Waals surface area contributed by atoms with E-state index in [9.17, 15) is 4.79 Å². The number of aromatic nitrogens is 2. The number of nitrogens with zero attached hydrogens (tertiary/aromatic N) is 2. The highest BCUT2D eigenvalue weighted by molar-refractivity contribution is 6.20. The second kappa shape index (κ2) is 12.0. The predicted octanol–water partition coefficient (Wildman–Crippen LogP) is 6.03. The van der Waals surface area contributed by atoms with E-state index in [1.165, 1.54) is 16.7 Å². The van der Waals surface area contributed by atoms with Gasteiger partial charge in [0.2, 0.25) is 0 Å². The van der Waals surface area contributed by atoms with E-state index < -0.39 is 0 Å². The van der Waals surface area contributed by atoms with Gasteiger partial charge in [0.05, 0.1) is 17.6 Å². The molecule has 188 valence electrons. The first-order chi connectivity index (χ1) is 17.5. The van der Waals surface area contributed by atoms with Gasteiger partial charge >= 0.3 is 0 Å². The number of aryl methyl sites for hydroxylation is 2. The van der Waals surface area contributed by atoms with Crippen LogP contribution in [0.5, 0.6) is 0 Å². The van der Waals surface area contributed by atoms with Crippen molar-refractivity contribution in [1.82, 2.24) is 15.1 Å². The molecule has 1 amide bonds. The summed E-state index contributed by atoms with van der Waals surface area (Å²) >= 11 is 0. The molecule has 0 fully saturated rings. The number of aliphatic hydroxyl groups is 1. The molecule has 0 spiro atoms. The van der Waals surface area contributed by atoms with Crippen molar-refractivity contribution < 1.29 is 9.90 Å². The summed E-state index contributed by atoms with van der Waals surface area (Å²) in [6.45, 7) is 7.12. The van der Waals surface area contributed by atoms with Gasteiger partial charge in [0.15, 0.2) is 0 Å². The molecule has 3 aromatic rings. The average Bonchev–Trinajstić information content (AvgIpc) is 3.20. The number of hydrogen-bond acceptors (Lipinski definition) is 3. The molecular weight excluding hydrogens is 446 g/mol. The van der Waals surface area contributed by atoms with E-state index in [2.05, 4.69) is 85.8 Å². The Kier molecular flexibility index (Phi) is 8.55. The van der Waals surface area contributed by atoms with Crippen molar-refractivity contribution in [1.29, 1.82) is 0 Å². The first-order valence-corrected chi connectivity index (χ1v) is 13.0. The monoisotopic (exact) mass is 483 g/mol. The molecule has 36 heavy (non-hydrogen) atoms. The van der Waals surface area contributed by atoms with E-state index in [1.54, 1.807) is 0 Å². The number of fused-ring (bicyclic) bond motifs is 1. The van der Waals surface area contributed by atoms with Gasteiger partial charge in [-0.15, -0.1) is 0 Å². The molecule has 2 aromatic carbocycles. The zero-order valence-corrected chi connectivity index (χ0v) is 21.6. The number of rotatable bonds is 10. The quantitative estimate of drug-likeness (QED) is 0.370. The number of amides is 1. The minimum absolute atomic E-state index is 0.0765. The van der Waals surface area contributed by atoms with Crippen molar-refractivity contribution in [2.45, 2.75) is 59.4 Å². The Labute approximate surface area is 214 Å². The number of benzene rings is 2. The molecule has 0 radical (unpaired) electrons. The van der Waals surface area contributed by atoms with Crippen LogP contribution in [0.25, 0.3) is 17.3 Å². The zero-order valence-electron chi connectivity index (χ0n) is 21.6. The largest absolute Gasteiger partial charge is 0.396 e. The maximum Gasteiger partial charge on any atom is 0.251 e. The highest BCUT2D eigenvalue weighted by Gasteiger charge is 2.22. The van der Waals surface area contributed by atoms with Crippen LogP contribution in [0.1, 0.15) is 67.5 Å². The zero-order chi connectivity index (χ0) is 25.5. The lowest BCUT2D eigenvalue weighted by Gasteiger charge is -2.11. The molecule has 1 aromatic heterocycles. The van der Waals surface area contributed by atoms with Crippen LogP contribution >= 0.6 is 0 Å². The number of nitrogens with one attached hydrogen (secondary N) is 1. The lowest BCUT2D eigenvalue weighted by atomic mass is 9.98. The fourth-order valence-electron chi connectivity index (χ4n) is 4.53. The second-order valence-corrected chi connectivity index (χ2v) is 9.82. The molecule has 0 saturated heterocycles. The summed E-state index contributed by atoms with van der Waals surface area (Å²) in [6.07, 6.45) is 10.6. The maximum atomic E-state index is 13.3. The molecule has 0 bridgehead atoms. The number of hydrogen-bond donors (Lipinski definition) is 2. The van der Waals surface area contributed by atoms with Gasteiger partial charge in [0.25, 0.3) is 5.91 Å². The van der Waals surface area contributed by atoms with Gasteiger partial charge in [-0.3, -0.25) is 4.79 Å². The van der Waals surface area contributed by atoms with E-state index in [4.69, 9.17) is 5.11 Å². The molecule has 4 rings (SSSR count). The van der Waals surface area contributed by atoms with Crippen molar-refractivity contribution in [2.75, 3.05) is 6.61 Å². The van der Waals surface area contributed by atoms with Crippen LogP contribution in [-0.2, 0) is 17.8 Å². The Morgan fingerprint density at radius 3 is 2.50 bits per heavy atom. The molecule has 5 heteroatoms. The van der Waals surface area contributed by atoms with Crippen LogP contribution in [0, 0.1) is 12.8 Å². The molecule has 2 N–H and O–H groups in total. The molecular formula is C31H37N3O2. The SMILES string of the molecule is CCC1=Cc2c(cnn2-c2ccc(C)cc2)C(C(=O)NCc2ccc(CCC(C)CCO)cc2)=CC1. The van der Waals surface area contributed by atoms with Crippen LogP contribution in [0.2, 0.25) is 0 Å². The lowest BCUT2D eigenvalue weighted by molar-refractivity contribution is -0.115. The number of carbonyl (C=O) groups is 1. The number of allylic oxidation sites excluding steroid dienone is 2. The summed E-state index contributed by atoms with van der Waals surface area (Å²) in [5, 5.41) is 16.8. The molecule has 1 unspecified atom stereocenters. The van der Waals surface area contributed by atoms with Crippen LogP contribution in [0.3, 0.4) is 0 Å². The highest BCUT2D eigenvalue weighted by atomic mass is 16.3. The van der Waals surface area contributed by atoms with Crippen molar-refractivity contribution in [3.8, 4) is 5.69 Å². The van der Waals surface area contributed by atoms with Crippen molar-refractivity contribution in [3.05, 3.63) is 94.3 Å². The first-order valence-electron chi connectivity index (χ1n) is 13.0. The molecule has 5 nitrogen and oxygen atoms in total. The number of carbonyl (C=O) groups excluding carboxylic acids is 1.